The summed E-state index contributed by atoms with van der Waals surface area (Å²) in [7, 11) is 14.0. The molecular formula is C16H16Cl2Zr. The van der Waals surface area contributed by atoms with Gasteiger partial charge >= 0.3 is 127 Å². The molecule has 0 saturated carbocycles. The first-order chi connectivity index (χ1) is 8.97. The zero-order chi connectivity index (χ0) is 13.7. The molecule has 0 aliphatic heterocycles. The van der Waals surface area contributed by atoms with Gasteiger partial charge in [-0.25, -0.2) is 0 Å². The molecule has 0 amide bonds. The Labute approximate surface area is 126 Å². The summed E-state index contributed by atoms with van der Waals surface area (Å²) in [5.74, 6) is 0. The average molecular weight is 370 g/mol. The maximum absolute atomic E-state index is 6.99. The Kier molecular flexibility index (Phi) is 3.45. The van der Waals surface area contributed by atoms with E-state index in [-0.39, 0.29) is 6.75 Å². The SMILES string of the molecule is Cc1cccc2c1C=C[C]2(C)[Zr]([Cl])([Cl])[CH]1C=CC=C1. The summed E-state index contributed by atoms with van der Waals surface area (Å²) in [6, 6.07) is 6.43. The van der Waals surface area contributed by atoms with E-state index < -0.39 is 17.9 Å². The minimum absolute atomic E-state index is 0.164. The van der Waals surface area contributed by atoms with Crippen molar-refractivity contribution in [1.29, 1.82) is 0 Å². The third-order valence-corrected chi connectivity index (χ3v) is 19.4. The predicted octanol–water partition coefficient (Wildman–Crippen LogP) is 5.61. The summed E-state index contributed by atoms with van der Waals surface area (Å²) >= 11 is -3.41. The standard InChI is InChI=1S/C11H11.C5H5.2ClH.Zr/c1-8-4-3-5-10-9(2)6-7-11(8)10;1-2-4-5-3-1;;;/h3-7H,1-2H3;1-5H;2*1H;/q;;;;+2/p-2. The number of hydrogen-bond acceptors (Lipinski definition) is 0. The first kappa shape index (κ1) is 13.9. The van der Waals surface area contributed by atoms with E-state index in [0.29, 0.717) is 0 Å². The van der Waals surface area contributed by atoms with Crippen molar-refractivity contribution < 1.29 is 17.9 Å². The van der Waals surface area contributed by atoms with Crippen LogP contribution in [-0.2, 0) is 21.0 Å². The molecule has 0 N–H and O–H groups in total. The van der Waals surface area contributed by atoms with Crippen molar-refractivity contribution in [1.82, 2.24) is 0 Å². The van der Waals surface area contributed by atoms with Crippen LogP contribution in [0.4, 0.5) is 0 Å². The molecule has 3 rings (SSSR count). The molecule has 0 heterocycles. The van der Waals surface area contributed by atoms with Crippen LogP contribution < -0.4 is 0 Å². The molecule has 2 aliphatic carbocycles. The van der Waals surface area contributed by atoms with Gasteiger partial charge in [0.05, 0.1) is 0 Å². The van der Waals surface area contributed by atoms with Crippen LogP contribution in [0.25, 0.3) is 6.08 Å². The van der Waals surface area contributed by atoms with Crippen LogP contribution in [0.15, 0.2) is 48.6 Å². The topological polar surface area (TPSA) is 0 Å². The molecule has 0 bridgehead atoms. The van der Waals surface area contributed by atoms with Gasteiger partial charge in [-0.3, -0.25) is 0 Å². The fourth-order valence-electron chi connectivity index (χ4n) is 3.00. The molecular weight excluding hydrogens is 354 g/mol. The molecule has 2 aliphatic rings. The minimum atomic E-state index is -3.41. The monoisotopic (exact) mass is 368 g/mol. The Hall–Kier alpha value is -0.0969. The fraction of sp³-hybridized carbons (Fsp3) is 0.250. The van der Waals surface area contributed by atoms with Gasteiger partial charge in [-0.2, -0.15) is 0 Å². The van der Waals surface area contributed by atoms with Crippen LogP contribution in [-0.4, -0.2) is 0 Å². The van der Waals surface area contributed by atoms with Crippen LogP contribution >= 0.6 is 17.0 Å². The molecule has 0 saturated heterocycles. The molecule has 98 valence electrons. The van der Waals surface area contributed by atoms with Crippen LogP contribution in [0.2, 0.25) is 3.63 Å². The van der Waals surface area contributed by atoms with Gasteiger partial charge in [0.1, 0.15) is 0 Å². The quantitative estimate of drug-likeness (QED) is 0.634. The number of aryl methyl sites for hydroxylation is 1. The number of hydrogen-bond donors (Lipinski definition) is 0. The van der Waals surface area contributed by atoms with Gasteiger partial charge in [0.15, 0.2) is 0 Å². The van der Waals surface area contributed by atoms with E-state index in [1.165, 1.54) is 16.7 Å². The zero-order valence-electron chi connectivity index (χ0n) is 11.0. The van der Waals surface area contributed by atoms with Crippen LogP contribution in [0.1, 0.15) is 23.6 Å². The van der Waals surface area contributed by atoms with E-state index >= 15 is 0 Å². The number of fused-ring (bicyclic) bond motifs is 1. The molecule has 0 nitrogen and oxygen atoms in total. The van der Waals surface area contributed by atoms with E-state index in [0.717, 1.165) is 0 Å². The van der Waals surface area contributed by atoms with Gasteiger partial charge in [-0.1, -0.05) is 0 Å². The second-order valence-electron chi connectivity index (χ2n) is 5.49. The van der Waals surface area contributed by atoms with Crippen molar-refractivity contribution in [3.05, 3.63) is 65.3 Å². The summed E-state index contributed by atoms with van der Waals surface area (Å²) in [4.78, 5) is 0. The summed E-state index contributed by atoms with van der Waals surface area (Å²) in [6.07, 6.45) is 12.9. The van der Waals surface area contributed by atoms with E-state index in [1.807, 2.05) is 0 Å². The molecule has 3 heteroatoms. The van der Waals surface area contributed by atoms with E-state index in [4.69, 9.17) is 17.0 Å². The number of halogens is 2. The second kappa shape index (κ2) is 4.72. The molecule has 0 aromatic heterocycles. The molecule has 1 aromatic rings. The summed E-state index contributed by atoms with van der Waals surface area (Å²) < 4.78 is 0.0850. The molecule has 1 unspecified atom stereocenters. The summed E-state index contributed by atoms with van der Waals surface area (Å²) in [5.41, 5.74) is 3.91. The normalized spacial score (nSPS) is 25.3. The summed E-state index contributed by atoms with van der Waals surface area (Å²) in [5, 5.41) is 0. The Morgan fingerprint density at radius 3 is 2.53 bits per heavy atom. The predicted molar refractivity (Wildman–Crippen MR) is 81.3 cm³/mol. The molecule has 19 heavy (non-hydrogen) atoms. The van der Waals surface area contributed by atoms with Crippen molar-refractivity contribution in [3.63, 3.8) is 0 Å². The molecule has 1 atom stereocenters. The van der Waals surface area contributed by atoms with Crippen molar-refractivity contribution in [2.75, 3.05) is 0 Å². The van der Waals surface area contributed by atoms with Crippen molar-refractivity contribution >= 4 is 23.1 Å². The van der Waals surface area contributed by atoms with E-state index in [2.05, 4.69) is 68.5 Å². The summed E-state index contributed by atoms with van der Waals surface area (Å²) in [6.45, 7) is 4.36. The molecule has 0 radical (unpaired) electrons. The first-order valence-electron chi connectivity index (χ1n) is 6.49. The van der Waals surface area contributed by atoms with Crippen molar-refractivity contribution in [2.45, 2.75) is 20.6 Å². The van der Waals surface area contributed by atoms with Gasteiger partial charge in [0, 0.05) is 0 Å². The van der Waals surface area contributed by atoms with Gasteiger partial charge in [-0.15, -0.1) is 0 Å². The van der Waals surface area contributed by atoms with Crippen LogP contribution in [0.3, 0.4) is 0 Å². The Morgan fingerprint density at radius 2 is 1.84 bits per heavy atom. The van der Waals surface area contributed by atoms with Crippen molar-refractivity contribution in [3.8, 4) is 0 Å². The van der Waals surface area contributed by atoms with Crippen LogP contribution in [0.5, 0.6) is 0 Å². The Balaban J connectivity index is 2.12. The zero-order valence-corrected chi connectivity index (χ0v) is 15.0. The van der Waals surface area contributed by atoms with Gasteiger partial charge in [-0.05, 0) is 0 Å². The molecule has 0 fully saturated rings. The van der Waals surface area contributed by atoms with E-state index in [9.17, 15) is 0 Å². The Morgan fingerprint density at radius 1 is 1.16 bits per heavy atom. The number of benzene rings is 1. The van der Waals surface area contributed by atoms with Gasteiger partial charge in [0.2, 0.25) is 0 Å². The third-order valence-electron chi connectivity index (χ3n) is 4.33. The third kappa shape index (κ3) is 1.97. The maximum atomic E-state index is 6.99. The van der Waals surface area contributed by atoms with Gasteiger partial charge < -0.3 is 0 Å². The number of rotatable bonds is 2. The van der Waals surface area contributed by atoms with Crippen LogP contribution in [0, 0.1) is 6.92 Å². The van der Waals surface area contributed by atoms with E-state index in [1.54, 1.807) is 0 Å². The second-order valence-corrected chi connectivity index (χ2v) is 20.9. The van der Waals surface area contributed by atoms with Crippen molar-refractivity contribution in [2.24, 2.45) is 0 Å². The molecule has 0 spiro atoms. The molecule has 1 aromatic carbocycles. The average Bonchev–Trinajstić information content (AvgIpc) is 3.00. The van der Waals surface area contributed by atoms with Gasteiger partial charge in [0.25, 0.3) is 0 Å². The first-order valence-corrected chi connectivity index (χ1v) is 15.5. The Bertz CT molecular complexity index is 601. The fourth-order valence-corrected chi connectivity index (χ4v) is 12.3. The number of allylic oxidation sites excluding steroid dienone is 5.